The van der Waals surface area contributed by atoms with Crippen LogP contribution in [-0.2, 0) is 0 Å². The van der Waals surface area contributed by atoms with Gasteiger partial charge < -0.3 is 5.32 Å². The minimum Gasteiger partial charge on any atom is -0.308 e. The van der Waals surface area contributed by atoms with Crippen molar-refractivity contribution < 1.29 is 0 Å². The lowest BCUT2D eigenvalue weighted by Gasteiger charge is -2.53. The van der Waals surface area contributed by atoms with Gasteiger partial charge in [0.05, 0.1) is 0 Å². The van der Waals surface area contributed by atoms with Gasteiger partial charge in [0, 0.05) is 30.7 Å². The van der Waals surface area contributed by atoms with Crippen LogP contribution in [0.2, 0.25) is 0 Å². The fourth-order valence-corrected chi connectivity index (χ4v) is 2.81. The van der Waals surface area contributed by atoms with Crippen molar-refractivity contribution in [2.75, 3.05) is 19.6 Å². The topological polar surface area (TPSA) is 15.3 Å². The van der Waals surface area contributed by atoms with Crippen LogP contribution < -0.4 is 5.32 Å². The van der Waals surface area contributed by atoms with Crippen LogP contribution in [0.15, 0.2) is 12.2 Å². The van der Waals surface area contributed by atoms with E-state index in [-0.39, 0.29) is 5.54 Å². The summed E-state index contributed by atoms with van der Waals surface area (Å²) in [5, 5.41) is 3.78. The van der Waals surface area contributed by atoms with E-state index in [1.807, 2.05) is 0 Å². The predicted molar refractivity (Wildman–Crippen MR) is 76.4 cm³/mol. The summed E-state index contributed by atoms with van der Waals surface area (Å²) in [7, 11) is 0. The van der Waals surface area contributed by atoms with Gasteiger partial charge in [-0.15, -0.1) is 0 Å². The fourth-order valence-electron chi connectivity index (χ4n) is 2.81. The smallest absolute Gasteiger partial charge is 0.0333 e. The average Bonchev–Trinajstić information content (AvgIpc) is 2.37. The first-order valence-corrected chi connectivity index (χ1v) is 7.17. The van der Waals surface area contributed by atoms with Gasteiger partial charge in [0.1, 0.15) is 0 Å². The Balaban J connectivity index is 2.85. The highest BCUT2D eigenvalue weighted by Crippen LogP contribution is 2.31. The van der Waals surface area contributed by atoms with Gasteiger partial charge in [-0.25, -0.2) is 0 Å². The molecule has 100 valence electrons. The van der Waals surface area contributed by atoms with Crippen molar-refractivity contribution in [1.29, 1.82) is 0 Å². The molecule has 1 heterocycles. The summed E-state index contributed by atoms with van der Waals surface area (Å²) >= 11 is 0. The molecule has 0 aromatic rings. The van der Waals surface area contributed by atoms with Crippen molar-refractivity contribution in [1.82, 2.24) is 10.2 Å². The first-order chi connectivity index (χ1) is 8.05. The number of piperazine rings is 1. The van der Waals surface area contributed by atoms with Gasteiger partial charge in [0.25, 0.3) is 0 Å². The first-order valence-electron chi connectivity index (χ1n) is 7.17. The first kappa shape index (κ1) is 14.7. The van der Waals surface area contributed by atoms with E-state index in [9.17, 15) is 0 Å². The summed E-state index contributed by atoms with van der Waals surface area (Å²) in [5.41, 5.74) is 0.642. The van der Waals surface area contributed by atoms with Gasteiger partial charge in [-0.1, -0.05) is 32.9 Å². The van der Waals surface area contributed by atoms with E-state index >= 15 is 0 Å². The number of nitrogens with one attached hydrogen (secondary N) is 1. The third-order valence-electron chi connectivity index (χ3n) is 4.71. The van der Waals surface area contributed by atoms with Crippen LogP contribution in [-0.4, -0.2) is 35.6 Å². The van der Waals surface area contributed by atoms with Crippen LogP contribution in [0.25, 0.3) is 0 Å². The minimum atomic E-state index is 0.287. The van der Waals surface area contributed by atoms with Crippen molar-refractivity contribution in [3.05, 3.63) is 12.2 Å². The van der Waals surface area contributed by atoms with Crippen LogP contribution in [0, 0.1) is 0 Å². The molecule has 2 heteroatoms. The maximum Gasteiger partial charge on any atom is 0.0333 e. The highest BCUT2D eigenvalue weighted by atomic mass is 15.3. The summed E-state index contributed by atoms with van der Waals surface area (Å²) in [6.07, 6.45) is 8.12. The van der Waals surface area contributed by atoms with E-state index in [0.717, 1.165) is 19.6 Å². The Kier molecular flexibility index (Phi) is 5.21. The van der Waals surface area contributed by atoms with Crippen molar-refractivity contribution >= 4 is 0 Å². The Labute approximate surface area is 107 Å². The molecule has 0 spiro atoms. The van der Waals surface area contributed by atoms with Gasteiger partial charge in [-0.3, -0.25) is 4.90 Å². The Morgan fingerprint density at radius 1 is 1.18 bits per heavy atom. The van der Waals surface area contributed by atoms with Crippen LogP contribution in [0.5, 0.6) is 0 Å². The molecular weight excluding hydrogens is 208 g/mol. The third kappa shape index (κ3) is 3.11. The molecule has 0 radical (unpaired) electrons. The predicted octanol–water partition coefficient (Wildman–Crippen LogP) is 3.20. The number of allylic oxidation sites excluding steroid dienone is 1. The summed E-state index contributed by atoms with van der Waals surface area (Å²) in [5.74, 6) is 0. The van der Waals surface area contributed by atoms with E-state index in [0.29, 0.717) is 5.54 Å². The lowest BCUT2D eigenvalue weighted by atomic mass is 9.82. The summed E-state index contributed by atoms with van der Waals surface area (Å²) in [6, 6.07) is 0. The van der Waals surface area contributed by atoms with Gasteiger partial charge >= 0.3 is 0 Å². The van der Waals surface area contributed by atoms with Gasteiger partial charge in [-0.2, -0.15) is 0 Å². The molecule has 1 aliphatic heterocycles. The van der Waals surface area contributed by atoms with Crippen molar-refractivity contribution in [3.8, 4) is 0 Å². The molecule has 0 bridgehead atoms. The lowest BCUT2D eigenvalue weighted by Crippen LogP contribution is -2.68. The SMILES string of the molecule is C/C=C/CN1CC(C)(CC)NCC1(CC)CC. The molecule has 1 aliphatic rings. The molecule has 1 fully saturated rings. The zero-order valence-corrected chi connectivity index (χ0v) is 12.3. The molecule has 0 amide bonds. The number of rotatable bonds is 5. The average molecular weight is 238 g/mol. The zero-order valence-electron chi connectivity index (χ0n) is 12.3. The van der Waals surface area contributed by atoms with Gasteiger partial charge in [0.2, 0.25) is 0 Å². The zero-order chi connectivity index (χ0) is 12.9. The number of hydrogen-bond acceptors (Lipinski definition) is 2. The quantitative estimate of drug-likeness (QED) is 0.740. The Morgan fingerprint density at radius 2 is 1.82 bits per heavy atom. The van der Waals surface area contributed by atoms with E-state index in [4.69, 9.17) is 0 Å². The molecule has 0 saturated carbocycles. The molecule has 0 aromatic carbocycles. The highest BCUT2D eigenvalue weighted by Gasteiger charge is 2.42. The van der Waals surface area contributed by atoms with E-state index in [2.05, 4.69) is 57.0 Å². The number of hydrogen-bond donors (Lipinski definition) is 1. The molecular formula is C15H30N2. The Morgan fingerprint density at radius 3 is 2.29 bits per heavy atom. The Hall–Kier alpha value is -0.340. The second kappa shape index (κ2) is 6.01. The molecule has 17 heavy (non-hydrogen) atoms. The summed E-state index contributed by atoms with van der Waals surface area (Å²) in [6.45, 7) is 14.8. The van der Waals surface area contributed by atoms with E-state index in [1.165, 1.54) is 19.3 Å². The molecule has 2 nitrogen and oxygen atoms in total. The molecule has 0 aliphatic carbocycles. The summed E-state index contributed by atoms with van der Waals surface area (Å²) in [4.78, 5) is 2.69. The lowest BCUT2D eigenvalue weighted by molar-refractivity contribution is 0.0116. The van der Waals surface area contributed by atoms with Gasteiger partial charge in [-0.05, 0) is 33.1 Å². The second-order valence-electron chi connectivity index (χ2n) is 5.65. The highest BCUT2D eigenvalue weighted by molar-refractivity contribution is 5.04. The monoisotopic (exact) mass is 238 g/mol. The van der Waals surface area contributed by atoms with Gasteiger partial charge in [0.15, 0.2) is 0 Å². The largest absolute Gasteiger partial charge is 0.308 e. The number of nitrogens with zero attached hydrogens (tertiary/aromatic N) is 1. The molecule has 1 rings (SSSR count). The molecule has 1 saturated heterocycles. The van der Waals surface area contributed by atoms with Crippen LogP contribution in [0.1, 0.15) is 53.9 Å². The molecule has 0 aromatic heterocycles. The van der Waals surface area contributed by atoms with Crippen molar-refractivity contribution in [2.45, 2.75) is 65.0 Å². The molecule has 1 N–H and O–H groups in total. The molecule has 1 unspecified atom stereocenters. The fraction of sp³-hybridized carbons (Fsp3) is 0.867. The Bertz CT molecular complexity index is 256. The normalized spacial score (nSPS) is 29.9. The summed E-state index contributed by atoms with van der Waals surface area (Å²) < 4.78 is 0. The van der Waals surface area contributed by atoms with Crippen LogP contribution >= 0.6 is 0 Å². The maximum atomic E-state index is 3.78. The third-order valence-corrected chi connectivity index (χ3v) is 4.71. The standard InChI is InChI=1S/C15H30N2/c1-6-10-11-17-13-14(5,7-2)16-12-15(17,8-3)9-4/h6,10,16H,7-9,11-13H2,1-5H3/b10-6+. The van der Waals surface area contributed by atoms with Crippen molar-refractivity contribution in [2.24, 2.45) is 0 Å². The van der Waals surface area contributed by atoms with E-state index < -0.39 is 0 Å². The second-order valence-corrected chi connectivity index (χ2v) is 5.65. The van der Waals surface area contributed by atoms with E-state index in [1.54, 1.807) is 0 Å². The minimum absolute atomic E-state index is 0.287. The molecule has 1 atom stereocenters. The van der Waals surface area contributed by atoms with Crippen molar-refractivity contribution in [3.63, 3.8) is 0 Å². The maximum absolute atomic E-state index is 3.78. The van der Waals surface area contributed by atoms with Crippen LogP contribution in [0.4, 0.5) is 0 Å². The van der Waals surface area contributed by atoms with Crippen LogP contribution in [0.3, 0.4) is 0 Å².